The lowest BCUT2D eigenvalue weighted by Gasteiger charge is -2.37. The van der Waals surface area contributed by atoms with Crippen molar-refractivity contribution in [1.29, 1.82) is 0 Å². The van der Waals surface area contributed by atoms with Crippen molar-refractivity contribution in [3.63, 3.8) is 0 Å². The average molecular weight is 434 g/mol. The average Bonchev–Trinajstić information content (AvgIpc) is 2.83. The Balaban J connectivity index is 1.30. The second-order valence-electron chi connectivity index (χ2n) is 7.55. The van der Waals surface area contributed by atoms with Gasteiger partial charge in [0.05, 0.1) is 5.75 Å². The highest BCUT2D eigenvalue weighted by Gasteiger charge is 2.21. The minimum absolute atomic E-state index is 0.00363. The van der Waals surface area contributed by atoms with E-state index in [0.717, 1.165) is 42.6 Å². The van der Waals surface area contributed by atoms with E-state index in [1.165, 1.54) is 23.0 Å². The maximum Gasteiger partial charge on any atom is 0.230 e. The molecule has 2 aromatic carbocycles. The first-order valence-electron chi connectivity index (χ1n) is 10.5. The SMILES string of the molecule is Cc1ccc(CNC(=O)CSc2nccnc2N2CCN(c3ccccc3)CC2)cc1. The van der Waals surface area contributed by atoms with E-state index in [1.807, 2.05) is 18.2 Å². The molecule has 0 unspecified atom stereocenters. The number of aromatic nitrogens is 2. The number of piperazine rings is 1. The zero-order valence-electron chi connectivity index (χ0n) is 17.7. The predicted molar refractivity (Wildman–Crippen MR) is 127 cm³/mol. The van der Waals surface area contributed by atoms with E-state index in [-0.39, 0.29) is 5.91 Å². The smallest absolute Gasteiger partial charge is 0.230 e. The van der Waals surface area contributed by atoms with Gasteiger partial charge in [0, 0.05) is 50.8 Å². The summed E-state index contributed by atoms with van der Waals surface area (Å²) in [7, 11) is 0. The number of hydrogen-bond acceptors (Lipinski definition) is 6. The Labute approximate surface area is 187 Å². The van der Waals surface area contributed by atoms with Crippen LogP contribution in [0.4, 0.5) is 11.5 Å². The molecule has 160 valence electrons. The summed E-state index contributed by atoms with van der Waals surface area (Å²) in [6, 6.07) is 18.7. The van der Waals surface area contributed by atoms with Gasteiger partial charge in [-0.2, -0.15) is 0 Å². The van der Waals surface area contributed by atoms with E-state index in [9.17, 15) is 4.79 Å². The van der Waals surface area contributed by atoms with Gasteiger partial charge in [0.15, 0.2) is 5.82 Å². The number of aryl methyl sites for hydroxylation is 1. The quantitative estimate of drug-likeness (QED) is 0.576. The molecule has 0 atom stereocenters. The maximum atomic E-state index is 12.3. The Morgan fingerprint density at radius 3 is 2.35 bits per heavy atom. The van der Waals surface area contributed by atoms with Crippen molar-refractivity contribution >= 4 is 29.2 Å². The van der Waals surface area contributed by atoms with Crippen LogP contribution in [0.15, 0.2) is 72.0 Å². The predicted octanol–water partition coefficient (Wildman–Crippen LogP) is 3.52. The second kappa shape index (κ2) is 10.3. The molecule has 1 fully saturated rings. The Kier molecular flexibility index (Phi) is 7.04. The fourth-order valence-electron chi connectivity index (χ4n) is 3.54. The van der Waals surface area contributed by atoms with Crippen molar-refractivity contribution in [3.05, 3.63) is 78.1 Å². The van der Waals surface area contributed by atoms with Gasteiger partial charge in [-0.05, 0) is 24.6 Å². The summed E-state index contributed by atoms with van der Waals surface area (Å²) in [6.45, 7) is 6.21. The first-order chi connectivity index (χ1) is 15.2. The molecule has 3 aromatic rings. The van der Waals surface area contributed by atoms with Crippen molar-refractivity contribution in [2.75, 3.05) is 41.7 Å². The summed E-state index contributed by atoms with van der Waals surface area (Å²) in [6.07, 6.45) is 3.41. The number of para-hydroxylation sites is 1. The number of carbonyl (C=O) groups excluding carboxylic acids is 1. The minimum Gasteiger partial charge on any atom is -0.368 e. The number of benzene rings is 2. The van der Waals surface area contributed by atoms with Gasteiger partial charge in [0.1, 0.15) is 5.03 Å². The van der Waals surface area contributed by atoms with Crippen LogP contribution < -0.4 is 15.1 Å². The second-order valence-corrected chi connectivity index (χ2v) is 8.51. The third kappa shape index (κ3) is 5.76. The van der Waals surface area contributed by atoms with E-state index < -0.39 is 0 Å². The molecule has 0 bridgehead atoms. The monoisotopic (exact) mass is 433 g/mol. The van der Waals surface area contributed by atoms with Crippen LogP contribution in [0, 0.1) is 6.92 Å². The zero-order valence-corrected chi connectivity index (χ0v) is 18.5. The van der Waals surface area contributed by atoms with E-state index in [1.54, 1.807) is 12.4 Å². The van der Waals surface area contributed by atoms with Gasteiger partial charge in [-0.1, -0.05) is 59.8 Å². The molecule has 31 heavy (non-hydrogen) atoms. The normalized spacial score (nSPS) is 13.8. The Hall–Kier alpha value is -3.06. The van der Waals surface area contributed by atoms with Crippen LogP contribution in [0.1, 0.15) is 11.1 Å². The molecule has 1 aliphatic rings. The largest absolute Gasteiger partial charge is 0.368 e. The van der Waals surface area contributed by atoms with Gasteiger partial charge in [-0.25, -0.2) is 9.97 Å². The zero-order chi connectivity index (χ0) is 21.5. The van der Waals surface area contributed by atoms with Gasteiger partial charge >= 0.3 is 0 Å². The minimum atomic E-state index is -0.00363. The Bertz CT molecular complexity index is 988. The number of nitrogens with zero attached hydrogens (tertiary/aromatic N) is 4. The number of rotatable bonds is 7. The molecule has 2 heterocycles. The number of thioether (sulfide) groups is 1. The fraction of sp³-hybridized carbons (Fsp3) is 0.292. The summed E-state index contributed by atoms with van der Waals surface area (Å²) in [5.41, 5.74) is 3.56. The summed E-state index contributed by atoms with van der Waals surface area (Å²) in [4.78, 5) is 26.1. The molecule has 1 amide bonds. The summed E-state index contributed by atoms with van der Waals surface area (Å²) in [5.74, 6) is 1.18. The van der Waals surface area contributed by atoms with Crippen LogP contribution in [-0.4, -0.2) is 47.8 Å². The van der Waals surface area contributed by atoms with Crippen molar-refractivity contribution < 1.29 is 4.79 Å². The number of carbonyl (C=O) groups is 1. The van der Waals surface area contributed by atoms with Crippen LogP contribution in [0.2, 0.25) is 0 Å². The standard InChI is InChI=1S/C24H27N5OS/c1-19-7-9-20(10-8-19)17-27-22(30)18-31-24-23(25-11-12-26-24)29-15-13-28(14-16-29)21-5-3-2-4-6-21/h2-12H,13-18H2,1H3,(H,27,30). The lowest BCUT2D eigenvalue weighted by molar-refractivity contribution is -0.118. The van der Waals surface area contributed by atoms with Crippen LogP contribution >= 0.6 is 11.8 Å². The van der Waals surface area contributed by atoms with Crippen LogP contribution in [0.5, 0.6) is 0 Å². The highest BCUT2D eigenvalue weighted by molar-refractivity contribution is 8.00. The molecule has 6 nitrogen and oxygen atoms in total. The van der Waals surface area contributed by atoms with E-state index in [4.69, 9.17) is 0 Å². The van der Waals surface area contributed by atoms with Crippen LogP contribution in [0.25, 0.3) is 0 Å². The first kappa shape index (κ1) is 21.2. The van der Waals surface area contributed by atoms with Crippen molar-refractivity contribution in [2.24, 2.45) is 0 Å². The Morgan fingerprint density at radius 2 is 1.61 bits per heavy atom. The molecule has 0 radical (unpaired) electrons. The third-order valence-corrected chi connectivity index (χ3v) is 6.27. The fourth-order valence-corrected chi connectivity index (χ4v) is 4.36. The summed E-state index contributed by atoms with van der Waals surface area (Å²) >= 11 is 1.44. The molecule has 1 aromatic heterocycles. The summed E-state index contributed by atoms with van der Waals surface area (Å²) < 4.78 is 0. The lowest BCUT2D eigenvalue weighted by atomic mass is 10.1. The van der Waals surface area contributed by atoms with Gasteiger partial charge in [-0.15, -0.1) is 0 Å². The molecule has 0 aliphatic carbocycles. The van der Waals surface area contributed by atoms with Crippen molar-refractivity contribution in [1.82, 2.24) is 15.3 Å². The number of anilines is 2. The molecule has 0 saturated carbocycles. The first-order valence-corrected chi connectivity index (χ1v) is 11.5. The van der Waals surface area contributed by atoms with Crippen molar-refractivity contribution in [2.45, 2.75) is 18.5 Å². The van der Waals surface area contributed by atoms with Gasteiger partial charge in [-0.3, -0.25) is 4.79 Å². The molecule has 1 saturated heterocycles. The van der Waals surface area contributed by atoms with Gasteiger partial charge in [0.25, 0.3) is 0 Å². The number of amides is 1. The number of hydrogen-bond donors (Lipinski definition) is 1. The van der Waals surface area contributed by atoms with Gasteiger partial charge in [0.2, 0.25) is 5.91 Å². The molecule has 0 spiro atoms. The van der Waals surface area contributed by atoms with Crippen LogP contribution in [-0.2, 0) is 11.3 Å². The topological polar surface area (TPSA) is 61.4 Å². The Morgan fingerprint density at radius 1 is 0.935 bits per heavy atom. The maximum absolute atomic E-state index is 12.3. The number of nitrogens with one attached hydrogen (secondary N) is 1. The van der Waals surface area contributed by atoms with E-state index in [0.29, 0.717) is 12.3 Å². The highest BCUT2D eigenvalue weighted by atomic mass is 32.2. The third-order valence-electron chi connectivity index (χ3n) is 5.30. The molecule has 7 heteroatoms. The van der Waals surface area contributed by atoms with E-state index in [2.05, 4.69) is 68.4 Å². The molecule has 4 rings (SSSR count). The van der Waals surface area contributed by atoms with Gasteiger partial charge < -0.3 is 15.1 Å². The molecule has 1 aliphatic heterocycles. The molecular formula is C24H27N5OS. The summed E-state index contributed by atoms with van der Waals surface area (Å²) in [5, 5.41) is 3.79. The molecule has 1 N–H and O–H groups in total. The van der Waals surface area contributed by atoms with E-state index >= 15 is 0 Å². The lowest BCUT2D eigenvalue weighted by Crippen LogP contribution is -2.47. The van der Waals surface area contributed by atoms with Crippen molar-refractivity contribution in [3.8, 4) is 0 Å². The molecular weight excluding hydrogens is 406 g/mol. The van der Waals surface area contributed by atoms with Crippen LogP contribution in [0.3, 0.4) is 0 Å². The highest BCUT2D eigenvalue weighted by Crippen LogP contribution is 2.27.